The summed E-state index contributed by atoms with van der Waals surface area (Å²) in [7, 11) is 0. The lowest BCUT2D eigenvalue weighted by atomic mass is 9.98. The van der Waals surface area contributed by atoms with Crippen LogP contribution < -0.4 is 5.32 Å². The lowest BCUT2D eigenvalue weighted by molar-refractivity contribution is -0.137. The number of aromatic nitrogens is 2. The van der Waals surface area contributed by atoms with Crippen molar-refractivity contribution in [2.45, 2.75) is 52.0 Å². The second-order valence-corrected chi connectivity index (χ2v) is 7.09. The summed E-state index contributed by atoms with van der Waals surface area (Å²) >= 11 is 0. The number of amides is 1. The molecule has 0 unspecified atom stereocenters. The molecule has 2 aromatic rings. The molecule has 2 N–H and O–H groups in total. The first-order valence-electron chi connectivity index (χ1n) is 8.39. The van der Waals surface area contributed by atoms with Crippen LogP contribution in [0.3, 0.4) is 0 Å². The highest BCUT2D eigenvalue weighted by Crippen LogP contribution is 2.21. The van der Waals surface area contributed by atoms with E-state index in [2.05, 4.69) is 24.3 Å². The number of carbonyl (C=O) groups excluding carboxylic acids is 1. The summed E-state index contributed by atoms with van der Waals surface area (Å²) in [6, 6.07) is 11.5. The van der Waals surface area contributed by atoms with Gasteiger partial charge in [-0.2, -0.15) is 5.10 Å². The molecule has 134 valence electrons. The van der Waals surface area contributed by atoms with Gasteiger partial charge in [0.2, 0.25) is 0 Å². The van der Waals surface area contributed by atoms with Crippen LogP contribution in [0, 0.1) is 0 Å². The fourth-order valence-electron chi connectivity index (χ4n) is 2.55. The van der Waals surface area contributed by atoms with Crippen LogP contribution in [0.4, 0.5) is 0 Å². The van der Waals surface area contributed by atoms with Crippen molar-refractivity contribution in [2.24, 2.45) is 0 Å². The smallest absolute Gasteiger partial charge is 0.303 e. The van der Waals surface area contributed by atoms with Crippen molar-refractivity contribution in [3.8, 4) is 5.69 Å². The molecule has 0 bridgehead atoms. The Hall–Kier alpha value is -2.63. The molecule has 1 aromatic heterocycles. The van der Waals surface area contributed by atoms with Crippen LogP contribution >= 0.6 is 0 Å². The summed E-state index contributed by atoms with van der Waals surface area (Å²) in [4.78, 5) is 23.3. The van der Waals surface area contributed by atoms with Gasteiger partial charge in [-0.3, -0.25) is 9.59 Å². The molecular weight excluding hydrogens is 318 g/mol. The molecule has 1 amide bonds. The molecule has 0 saturated heterocycles. The zero-order valence-corrected chi connectivity index (χ0v) is 15.1. The zero-order valence-electron chi connectivity index (χ0n) is 15.1. The summed E-state index contributed by atoms with van der Waals surface area (Å²) in [5.41, 5.74) is 1.55. The lowest BCUT2D eigenvalue weighted by Gasteiger charge is -2.25. The maximum Gasteiger partial charge on any atom is 0.303 e. The van der Waals surface area contributed by atoms with Crippen molar-refractivity contribution in [3.63, 3.8) is 0 Å². The Bertz CT molecular complexity index is 749. The molecule has 0 spiro atoms. The van der Waals surface area contributed by atoms with Crippen molar-refractivity contribution in [3.05, 3.63) is 47.8 Å². The Morgan fingerprint density at radius 2 is 1.88 bits per heavy atom. The highest BCUT2D eigenvalue weighted by molar-refractivity contribution is 5.93. The first-order chi connectivity index (χ1) is 11.7. The first kappa shape index (κ1) is 18.7. The van der Waals surface area contributed by atoms with E-state index in [9.17, 15) is 9.59 Å². The molecule has 0 radical (unpaired) electrons. The number of aliphatic carboxylic acids is 1. The van der Waals surface area contributed by atoms with Gasteiger partial charge >= 0.3 is 5.97 Å². The van der Waals surface area contributed by atoms with Gasteiger partial charge in [0.05, 0.1) is 5.69 Å². The number of nitrogens with zero attached hydrogens (tertiary/aromatic N) is 2. The minimum absolute atomic E-state index is 0.00296. The molecule has 6 nitrogen and oxygen atoms in total. The molecule has 2 rings (SSSR count). The maximum absolute atomic E-state index is 12.6. The van der Waals surface area contributed by atoms with Gasteiger partial charge in [0.1, 0.15) is 0 Å². The van der Waals surface area contributed by atoms with Crippen LogP contribution in [0.1, 0.15) is 62.6 Å². The number of carbonyl (C=O) groups is 2. The third kappa shape index (κ3) is 4.92. The van der Waals surface area contributed by atoms with Gasteiger partial charge in [-0.15, -0.1) is 0 Å². The van der Waals surface area contributed by atoms with Crippen LogP contribution in [-0.4, -0.2) is 32.3 Å². The van der Waals surface area contributed by atoms with Crippen molar-refractivity contribution in [2.75, 3.05) is 0 Å². The Balaban J connectivity index is 2.25. The Kier molecular flexibility index (Phi) is 5.62. The standard InChI is InChI=1S/C19H25N3O3/c1-13(2)16-12-15(21-22(16)14-8-6-5-7-9-14)18(25)20-19(3,4)11-10-17(23)24/h5-9,12-13H,10-11H2,1-4H3,(H,20,25)(H,23,24). The van der Waals surface area contributed by atoms with Crippen LogP contribution in [0.5, 0.6) is 0 Å². The van der Waals surface area contributed by atoms with E-state index in [0.29, 0.717) is 12.1 Å². The monoisotopic (exact) mass is 343 g/mol. The fourth-order valence-corrected chi connectivity index (χ4v) is 2.55. The summed E-state index contributed by atoms with van der Waals surface area (Å²) in [6.45, 7) is 7.72. The fraction of sp³-hybridized carbons (Fsp3) is 0.421. The first-order valence-corrected chi connectivity index (χ1v) is 8.39. The predicted octanol–water partition coefficient (Wildman–Crippen LogP) is 3.37. The molecule has 0 aliphatic heterocycles. The van der Waals surface area contributed by atoms with E-state index in [1.165, 1.54) is 0 Å². The van der Waals surface area contributed by atoms with E-state index < -0.39 is 11.5 Å². The van der Waals surface area contributed by atoms with Crippen LogP contribution in [0.25, 0.3) is 5.69 Å². The van der Waals surface area contributed by atoms with Gasteiger partial charge in [-0.25, -0.2) is 4.68 Å². The molecule has 6 heteroatoms. The molecule has 0 aliphatic rings. The number of nitrogens with one attached hydrogen (secondary N) is 1. The summed E-state index contributed by atoms with van der Waals surface area (Å²) in [5, 5.41) is 16.2. The minimum Gasteiger partial charge on any atom is -0.481 e. The second kappa shape index (κ2) is 7.51. The molecule has 0 atom stereocenters. The van der Waals surface area contributed by atoms with Crippen molar-refractivity contribution in [1.82, 2.24) is 15.1 Å². The number of rotatable bonds is 7. The van der Waals surface area contributed by atoms with Gasteiger partial charge in [0, 0.05) is 17.7 Å². The molecular formula is C19H25N3O3. The van der Waals surface area contributed by atoms with E-state index in [1.54, 1.807) is 10.7 Å². The maximum atomic E-state index is 12.6. The zero-order chi connectivity index (χ0) is 18.6. The largest absolute Gasteiger partial charge is 0.481 e. The van der Waals surface area contributed by atoms with E-state index in [1.807, 2.05) is 44.2 Å². The summed E-state index contributed by atoms with van der Waals surface area (Å²) < 4.78 is 1.78. The number of carboxylic acids is 1. The van der Waals surface area contributed by atoms with Gasteiger partial charge in [0.25, 0.3) is 5.91 Å². The van der Waals surface area contributed by atoms with E-state index in [4.69, 9.17) is 5.11 Å². The molecule has 0 fully saturated rings. The summed E-state index contributed by atoms with van der Waals surface area (Å²) in [5.74, 6) is -0.973. The quantitative estimate of drug-likeness (QED) is 0.807. The number of benzene rings is 1. The Morgan fingerprint density at radius 3 is 2.44 bits per heavy atom. The molecule has 0 aliphatic carbocycles. The SMILES string of the molecule is CC(C)c1cc(C(=O)NC(C)(C)CCC(=O)O)nn1-c1ccccc1. The Labute approximate surface area is 147 Å². The van der Waals surface area contributed by atoms with Crippen LogP contribution in [-0.2, 0) is 4.79 Å². The number of carboxylic acid groups (broad SMARTS) is 1. The number of para-hydroxylation sites is 1. The van der Waals surface area contributed by atoms with E-state index >= 15 is 0 Å². The predicted molar refractivity (Wildman–Crippen MR) is 96.1 cm³/mol. The lowest BCUT2D eigenvalue weighted by Crippen LogP contribution is -2.43. The normalized spacial score (nSPS) is 11.6. The third-order valence-corrected chi connectivity index (χ3v) is 3.98. The van der Waals surface area contributed by atoms with Gasteiger partial charge in [0.15, 0.2) is 5.69 Å². The van der Waals surface area contributed by atoms with Gasteiger partial charge in [-0.1, -0.05) is 32.0 Å². The topological polar surface area (TPSA) is 84.2 Å². The van der Waals surface area contributed by atoms with Crippen LogP contribution in [0.15, 0.2) is 36.4 Å². The minimum atomic E-state index is -0.877. The highest BCUT2D eigenvalue weighted by Gasteiger charge is 2.25. The van der Waals surface area contributed by atoms with Crippen molar-refractivity contribution < 1.29 is 14.7 Å². The number of hydrogen-bond acceptors (Lipinski definition) is 3. The third-order valence-electron chi connectivity index (χ3n) is 3.98. The van der Waals surface area contributed by atoms with Gasteiger partial charge in [-0.05, 0) is 44.4 Å². The Morgan fingerprint density at radius 1 is 1.24 bits per heavy atom. The van der Waals surface area contributed by atoms with E-state index in [-0.39, 0.29) is 18.2 Å². The molecule has 0 saturated carbocycles. The van der Waals surface area contributed by atoms with E-state index in [0.717, 1.165) is 11.4 Å². The molecule has 1 heterocycles. The second-order valence-electron chi connectivity index (χ2n) is 7.09. The average molecular weight is 343 g/mol. The van der Waals surface area contributed by atoms with Crippen LogP contribution in [0.2, 0.25) is 0 Å². The van der Waals surface area contributed by atoms with Crippen molar-refractivity contribution in [1.29, 1.82) is 0 Å². The molecule has 25 heavy (non-hydrogen) atoms. The summed E-state index contributed by atoms with van der Waals surface area (Å²) in [6.07, 6.45) is 0.355. The average Bonchev–Trinajstić information content (AvgIpc) is 2.99. The van der Waals surface area contributed by atoms with Crippen molar-refractivity contribution >= 4 is 11.9 Å². The van der Waals surface area contributed by atoms with Gasteiger partial charge < -0.3 is 10.4 Å². The highest BCUT2D eigenvalue weighted by atomic mass is 16.4. The number of hydrogen-bond donors (Lipinski definition) is 2. The molecule has 1 aromatic carbocycles.